The average Bonchev–Trinajstić information content (AvgIpc) is 3.42. The predicted octanol–water partition coefficient (Wildman–Crippen LogP) is 3.21. The highest BCUT2D eigenvalue weighted by Gasteiger charge is 2.25. The summed E-state index contributed by atoms with van der Waals surface area (Å²) < 4.78 is 2.09. The number of benzene rings is 1. The fraction of sp³-hybridized carbons (Fsp3) is 0.286. The van der Waals surface area contributed by atoms with Crippen molar-refractivity contribution in [2.75, 3.05) is 18.4 Å². The van der Waals surface area contributed by atoms with Gasteiger partial charge >= 0.3 is 0 Å². The number of hydrogen-bond acceptors (Lipinski definition) is 7. The van der Waals surface area contributed by atoms with Crippen LogP contribution in [0.25, 0.3) is 5.65 Å². The first kappa shape index (κ1) is 18.8. The molecule has 1 fully saturated rings. The molecular weight excluding hydrogens is 398 g/mol. The van der Waals surface area contributed by atoms with Gasteiger partial charge in [0.25, 0.3) is 5.91 Å². The summed E-state index contributed by atoms with van der Waals surface area (Å²) in [4.78, 5) is 14.7. The van der Waals surface area contributed by atoms with E-state index in [0.29, 0.717) is 17.5 Å². The maximum absolute atomic E-state index is 12.4. The van der Waals surface area contributed by atoms with E-state index in [1.807, 2.05) is 54.7 Å². The van der Waals surface area contributed by atoms with Gasteiger partial charge in [0.15, 0.2) is 5.65 Å². The molecule has 3 aromatic heterocycles. The molecule has 9 heteroatoms. The standard InChI is InChI=1S/C21H21N7OS/c29-20(22-16-6-2-1-3-7-16)21-26-24-18(30-21)14-27-12-9-15(10-13-27)19-25-23-17-8-4-5-11-28(17)19/h1-8,11,15H,9-10,12-14H2,(H,22,29). The smallest absolute Gasteiger partial charge is 0.286 e. The number of likely N-dealkylation sites (tertiary alicyclic amines) is 1. The number of nitrogens with one attached hydrogen (secondary N) is 1. The lowest BCUT2D eigenvalue weighted by molar-refractivity contribution is 0.102. The van der Waals surface area contributed by atoms with Crippen LogP contribution in [-0.2, 0) is 6.54 Å². The van der Waals surface area contributed by atoms with Crippen LogP contribution in [0.1, 0.15) is 39.4 Å². The van der Waals surface area contributed by atoms with E-state index in [9.17, 15) is 4.79 Å². The molecule has 0 bridgehead atoms. The van der Waals surface area contributed by atoms with Gasteiger partial charge in [-0.3, -0.25) is 14.1 Å². The Morgan fingerprint density at radius 3 is 2.63 bits per heavy atom. The van der Waals surface area contributed by atoms with Gasteiger partial charge in [-0.1, -0.05) is 35.6 Å². The maximum atomic E-state index is 12.4. The molecule has 0 aliphatic carbocycles. The average molecular weight is 420 g/mol. The van der Waals surface area contributed by atoms with Crippen LogP contribution in [0.3, 0.4) is 0 Å². The summed E-state index contributed by atoms with van der Waals surface area (Å²) in [6.07, 6.45) is 4.08. The van der Waals surface area contributed by atoms with Crippen LogP contribution >= 0.6 is 11.3 Å². The van der Waals surface area contributed by atoms with Crippen molar-refractivity contribution < 1.29 is 4.79 Å². The molecule has 1 N–H and O–H groups in total. The fourth-order valence-electron chi connectivity index (χ4n) is 3.79. The number of hydrogen-bond donors (Lipinski definition) is 1. The second-order valence-corrected chi connectivity index (χ2v) is 8.42. The number of anilines is 1. The lowest BCUT2D eigenvalue weighted by atomic mass is 9.96. The summed E-state index contributed by atoms with van der Waals surface area (Å²) in [5.74, 6) is 1.23. The number of amides is 1. The molecule has 1 saturated heterocycles. The van der Waals surface area contributed by atoms with E-state index in [2.05, 4.69) is 35.0 Å². The van der Waals surface area contributed by atoms with Crippen molar-refractivity contribution in [2.45, 2.75) is 25.3 Å². The van der Waals surface area contributed by atoms with Crippen LogP contribution in [0.4, 0.5) is 5.69 Å². The molecule has 30 heavy (non-hydrogen) atoms. The molecule has 4 heterocycles. The predicted molar refractivity (Wildman–Crippen MR) is 115 cm³/mol. The zero-order valence-electron chi connectivity index (χ0n) is 16.3. The second kappa shape index (κ2) is 8.29. The molecule has 0 atom stereocenters. The highest BCUT2D eigenvalue weighted by atomic mass is 32.1. The van der Waals surface area contributed by atoms with Gasteiger partial charge in [0.05, 0.1) is 6.54 Å². The van der Waals surface area contributed by atoms with Gasteiger partial charge in [-0.2, -0.15) is 0 Å². The van der Waals surface area contributed by atoms with Crippen LogP contribution < -0.4 is 5.32 Å². The van der Waals surface area contributed by atoms with Crippen LogP contribution in [0.15, 0.2) is 54.7 Å². The molecular formula is C21H21N7OS. The van der Waals surface area contributed by atoms with Crippen molar-refractivity contribution in [2.24, 2.45) is 0 Å². The molecule has 0 spiro atoms. The Bertz CT molecular complexity index is 1150. The Morgan fingerprint density at radius 1 is 1.00 bits per heavy atom. The normalized spacial score (nSPS) is 15.5. The molecule has 5 rings (SSSR count). The largest absolute Gasteiger partial charge is 0.320 e. The Labute approximate surface area is 177 Å². The summed E-state index contributed by atoms with van der Waals surface area (Å²) in [7, 11) is 0. The van der Waals surface area contributed by atoms with Crippen LogP contribution in [0, 0.1) is 0 Å². The minimum Gasteiger partial charge on any atom is -0.320 e. The summed E-state index contributed by atoms with van der Waals surface area (Å²) in [5.41, 5.74) is 1.65. The highest BCUT2D eigenvalue weighted by Crippen LogP contribution is 2.28. The number of carbonyl (C=O) groups excluding carboxylic acids is 1. The third-order valence-electron chi connectivity index (χ3n) is 5.34. The van der Waals surface area contributed by atoms with Gasteiger partial charge in [-0.25, -0.2) is 0 Å². The van der Waals surface area contributed by atoms with Gasteiger partial charge in [0, 0.05) is 17.8 Å². The number of carbonyl (C=O) groups is 1. The van der Waals surface area contributed by atoms with Crippen molar-refractivity contribution in [1.29, 1.82) is 0 Å². The van der Waals surface area contributed by atoms with Crippen LogP contribution in [0.5, 0.6) is 0 Å². The molecule has 0 saturated carbocycles. The third kappa shape index (κ3) is 3.94. The van der Waals surface area contributed by atoms with Gasteiger partial charge in [0.1, 0.15) is 10.8 Å². The van der Waals surface area contributed by atoms with Gasteiger partial charge in [-0.05, 0) is 50.2 Å². The maximum Gasteiger partial charge on any atom is 0.286 e. The molecule has 0 unspecified atom stereocenters. The molecule has 1 amide bonds. The topological polar surface area (TPSA) is 88.3 Å². The quantitative estimate of drug-likeness (QED) is 0.534. The number of piperidine rings is 1. The SMILES string of the molecule is O=C(Nc1ccccc1)c1nnc(CN2CCC(c3nnc4ccccn34)CC2)s1. The van der Waals surface area contributed by atoms with Crippen LogP contribution in [0.2, 0.25) is 0 Å². The number of para-hydroxylation sites is 1. The van der Waals surface area contributed by atoms with Crippen molar-refractivity contribution in [3.63, 3.8) is 0 Å². The summed E-state index contributed by atoms with van der Waals surface area (Å²) in [6.45, 7) is 2.62. The Balaban J connectivity index is 1.18. The highest BCUT2D eigenvalue weighted by molar-refractivity contribution is 7.13. The summed E-state index contributed by atoms with van der Waals surface area (Å²) in [5, 5.41) is 21.1. The molecule has 0 radical (unpaired) electrons. The lowest BCUT2D eigenvalue weighted by Gasteiger charge is -2.30. The number of nitrogens with zero attached hydrogens (tertiary/aromatic N) is 6. The molecule has 8 nitrogen and oxygen atoms in total. The minimum absolute atomic E-state index is 0.220. The van der Waals surface area contributed by atoms with E-state index < -0.39 is 0 Å². The molecule has 1 aliphatic rings. The Kier molecular flexibility index (Phi) is 5.20. The molecule has 4 aromatic rings. The molecule has 152 valence electrons. The zero-order chi connectivity index (χ0) is 20.3. The first-order valence-corrected chi connectivity index (χ1v) is 10.8. The van der Waals surface area contributed by atoms with E-state index in [0.717, 1.165) is 48.1 Å². The Morgan fingerprint density at radius 2 is 1.80 bits per heavy atom. The Hall–Kier alpha value is -3.17. The lowest BCUT2D eigenvalue weighted by Crippen LogP contribution is -2.33. The third-order valence-corrected chi connectivity index (χ3v) is 6.25. The van der Waals surface area contributed by atoms with E-state index in [4.69, 9.17) is 0 Å². The molecule has 1 aliphatic heterocycles. The van der Waals surface area contributed by atoms with E-state index in [1.54, 1.807) is 0 Å². The monoisotopic (exact) mass is 419 g/mol. The van der Waals surface area contributed by atoms with E-state index in [1.165, 1.54) is 11.3 Å². The number of fused-ring (bicyclic) bond motifs is 1. The zero-order valence-corrected chi connectivity index (χ0v) is 17.1. The fourth-order valence-corrected chi connectivity index (χ4v) is 4.57. The minimum atomic E-state index is -0.220. The van der Waals surface area contributed by atoms with Crippen molar-refractivity contribution in [3.05, 3.63) is 70.6 Å². The van der Waals surface area contributed by atoms with Gasteiger partial charge in [0.2, 0.25) is 5.01 Å². The van der Waals surface area contributed by atoms with E-state index in [-0.39, 0.29) is 5.91 Å². The number of rotatable bonds is 5. The summed E-state index contributed by atoms with van der Waals surface area (Å²) >= 11 is 1.35. The number of aromatic nitrogens is 5. The molecule has 1 aromatic carbocycles. The summed E-state index contributed by atoms with van der Waals surface area (Å²) in [6, 6.07) is 15.3. The van der Waals surface area contributed by atoms with E-state index >= 15 is 0 Å². The van der Waals surface area contributed by atoms with Crippen molar-refractivity contribution in [1.82, 2.24) is 29.7 Å². The first-order valence-electron chi connectivity index (χ1n) is 9.97. The van der Waals surface area contributed by atoms with Crippen molar-refractivity contribution >= 4 is 28.6 Å². The van der Waals surface area contributed by atoms with Crippen LogP contribution in [-0.4, -0.2) is 48.7 Å². The van der Waals surface area contributed by atoms with Gasteiger partial charge in [-0.15, -0.1) is 20.4 Å². The van der Waals surface area contributed by atoms with Crippen molar-refractivity contribution in [3.8, 4) is 0 Å². The van der Waals surface area contributed by atoms with Gasteiger partial charge < -0.3 is 5.32 Å². The number of pyridine rings is 1. The second-order valence-electron chi connectivity index (χ2n) is 7.36. The first-order chi connectivity index (χ1) is 14.8.